The van der Waals surface area contributed by atoms with Crippen LogP contribution < -0.4 is 10.9 Å². The lowest BCUT2D eigenvalue weighted by Crippen LogP contribution is -2.40. The van der Waals surface area contributed by atoms with Gasteiger partial charge in [0.25, 0.3) is 0 Å². The van der Waals surface area contributed by atoms with Crippen LogP contribution in [-0.4, -0.2) is 25.6 Å². The molecule has 2 rings (SSSR count). The number of aliphatic imine (C=N–C) groups is 1. The summed E-state index contributed by atoms with van der Waals surface area (Å²) in [6, 6.07) is 0. The molecule has 0 atom stereocenters. The Morgan fingerprint density at radius 1 is 0.756 bits per heavy atom. The number of rotatable bonds is 12. The van der Waals surface area contributed by atoms with Crippen LogP contribution >= 0.6 is 0 Å². The summed E-state index contributed by atoms with van der Waals surface area (Å²) in [5, 5.41) is 8.41. The van der Waals surface area contributed by atoms with E-state index in [2.05, 4.69) is 69.2 Å². The molecule has 1 aromatic carbocycles. The van der Waals surface area contributed by atoms with Crippen LogP contribution in [0.2, 0.25) is 0 Å². The molecule has 1 aliphatic heterocycles. The fraction of sp³-hybridized carbons (Fsp3) is 0.750. The van der Waals surface area contributed by atoms with Crippen molar-refractivity contribution in [2.24, 2.45) is 43.4 Å². The number of nitriles is 1. The van der Waals surface area contributed by atoms with Crippen molar-refractivity contribution in [3.05, 3.63) is 31.6 Å². The molecular weight excluding hydrogens is 536 g/mol. The molecule has 0 radical (unpaired) electrons. The number of hydrogen-bond donors (Lipinski definition) is 0. The molecule has 1 heterocycles. The van der Waals surface area contributed by atoms with Crippen molar-refractivity contribution in [2.45, 2.75) is 128 Å². The third kappa shape index (κ3) is 14.3. The van der Waals surface area contributed by atoms with Crippen molar-refractivity contribution in [3.63, 3.8) is 0 Å². The van der Waals surface area contributed by atoms with E-state index in [1.807, 2.05) is 33.9 Å². The lowest BCUT2D eigenvalue weighted by atomic mass is 9.88. The largest absolute Gasteiger partial charge is 0.363 e. The first-order valence-corrected chi connectivity index (χ1v) is 16.5. The second-order valence-corrected chi connectivity index (χ2v) is 14.2. The third-order valence-corrected chi connectivity index (χ3v) is 7.56. The van der Waals surface area contributed by atoms with Gasteiger partial charge in [0.05, 0.1) is 11.4 Å². The highest BCUT2D eigenvalue weighted by atomic mass is 32.2. The summed E-state index contributed by atoms with van der Waals surface area (Å²) in [6.07, 6.45) is 7.36. The van der Waals surface area contributed by atoms with Gasteiger partial charge in [-0.15, -0.1) is 8.80 Å². The molecule has 0 aromatic heterocycles. The van der Waals surface area contributed by atoms with Crippen molar-refractivity contribution in [1.29, 1.82) is 5.26 Å². The van der Waals surface area contributed by atoms with E-state index in [1.165, 1.54) is 0 Å². The SMILES string of the molecule is CC(C)CCC(=NC#N)C(C)C.CC(C)CCC1=NS(=O)(=O)N=C1C(C)C.CC(C)CCc1c(C(C)C)c(=O)c1=O. The Balaban J connectivity index is 0.000000590. The average molecular weight is 591 g/mol. The van der Waals surface area contributed by atoms with Gasteiger partial charge in [-0.1, -0.05) is 83.1 Å². The van der Waals surface area contributed by atoms with Crippen molar-refractivity contribution >= 4 is 27.3 Å². The van der Waals surface area contributed by atoms with Crippen LogP contribution in [-0.2, 0) is 16.6 Å². The van der Waals surface area contributed by atoms with E-state index in [-0.39, 0.29) is 22.7 Å². The molecule has 232 valence electrons. The first kappa shape index (κ1) is 38.5. The Kier molecular flexibility index (Phi) is 17.1. The predicted molar refractivity (Wildman–Crippen MR) is 173 cm³/mol. The smallest absolute Gasteiger partial charge is 0.285 e. The van der Waals surface area contributed by atoms with Crippen molar-refractivity contribution in [3.8, 4) is 6.19 Å². The van der Waals surface area contributed by atoms with Gasteiger partial charge in [-0.3, -0.25) is 9.59 Å². The van der Waals surface area contributed by atoms with E-state index in [1.54, 1.807) is 0 Å². The van der Waals surface area contributed by atoms with Crippen LogP contribution in [0, 0.1) is 41.0 Å². The third-order valence-electron chi connectivity index (χ3n) is 6.68. The lowest BCUT2D eigenvalue weighted by molar-refractivity contribution is 0.579. The van der Waals surface area contributed by atoms with Crippen LogP contribution in [0.4, 0.5) is 0 Å². The zero-order chi connectivity index (χ0) is 32.1. The average Bonchev–Trinajstić information content (AvgIpc) is 3.17. The minimum Gasteiger partial charge on any atom is -0.285 e. The first-order valence-electron chi connectivity index (χ1n) is 15.1. The van der Waals surface area contributed by atoms with E-state index >= 15 is 0 Å². The van der Waals surface area contributed by atoms with E-state index < -0.39 is 10.2 Å². The van der Waals surface area contributed by atoms with E-state index in [4.69, 9.17) is 5.26 Å². The second-order valence-electron chi connectivity index (χ2n) is 13.0. The van der Waals surface area contributed by atoms with Gasteiger partial charge in [0.1, 0.15) is 0 Å². The zero-order valence-corrected chi connectivity index (χ0v) is 28.4. The lowest BCUT2D eigenvalue weighted by Gasteiger charge is -2.14. The maximum Gasteiger partial charge on any atom is 0.363 e. The zero-order valence-electron chi connectivity index (χ0n) is 27.5. The molecule has 8 nitrogen and oxygen atoms in total. The Labute approximate surface area is 249 Å². The highest BCUT2D eigenvalue weighted by Crippen LogP contribution is 2.19. The fourth-order valence-corrected chi connectivity index (χ4v) is 5.21. The Morgan fingerprint density at radius 3 is 1.68 bits per heavy atom. The van der Waals surface area contributed by atoms with E-state index in [0.29, 0.717) is 41.5 Å². The van der Waals surface area contributed by atoms with Gasteiger partial charge in [0.15, 0.2) is 0 Å². The standard InChI is InChI=1S/C12H18O2.C10H18N2O2S.C10H18N2/c1-7(2)5-6-9-10(8(3)4)12(14)11(9)13;1-7(2)5-6-9-10(8(3)4)12-15(13,14)11-9;1-8(2)5-6-10(9(3)4)12-7-11/h7-8H,5-6H2,1-4H3;7-8H,5-6H2,1-4H3;8-9H,5-6H2,1-4H3. The molecule has 0 saturated carbocycles. The summed E-state index contributed by atoms with van der Waals surface area (Å²) in [6.45, 7) is 24.8. The van der Waals surface area contributed by atoms with Crippen LogP contribution in [0.25, 0.3) is 0 Å². The van der Waals surface area contributed by atoms with Crippen LogP contribution in [0.5, 0.6) is 0 Å². The quantitative estimate of drug-likeness (QED) is 0.144. The summed E-state index contributed by atoms with van der Waals surface area (Å²) in [5.74, 6) is 2.54. The van der Waals surface area contributed by atoms with Gasteiger partial charge in [0, 0.05) is 16.8 Å². The van der Waals surface area contributed by atoms with Gasteiger partial charge in [-0.2, -0.15) is 18.7 Å². The molecule has 0 aliphatic carbocycles. The summed E-state index contributed by atoms with van der Waals surface area (Å²) < 4.78 is 29.8. The molecule has 41 heavy (non-hydrogen) atoms. The molecule has 1 aliphatic rings. The maximum absolute atomic E-state index is 11.3. The van der Waals surface area contributed by atoms with Gasteiger partial charge in [-0.05, 0) is 74.0 Å². The predicted octanol–water partition coefficient (Wildman–Crippen LogP) is 7.21. The Hall–Kier alpha value is -2.47. The van der Waals surface area contributed by atoms with Gasteiger partial charge >= 0.3 is 10.2 Å². The van der Waals surface area contributed by atoms with Crippen molar-refractivity contribution < 1.29 is 8.42 Å². The van der Waals surface area contributed by atoms with Crippen LogP contribution in [0.3, 0.4) is 0 Å². The van der Waals surface area contributed by atoms with Crippen molar-refractivity contribution in [2.75, 3.05) is 0 Å². The minimum atomic E-state index is -3.56. The number of nitrogens with zero attached hydrogens (tertiary/aromatic N) is 4. The first-order chi connectivity index (χ1) is 18.8. The fourth-order valence-electron chi connectivity index (χ4n) is 4.14. The molecular formula is C32H54N4O4S. The summed E-state index contributed by atoms with van der Waals surface area (Å²) >= 11 is 0. The van der Waals surface area contributed by atoms with Gasteiger partial charge in [0.2, 0.25) is 17.1 Å². The molecule has 0 saturated heterocycles. The molecule has 0 fully saturated rings. The second kappa shape index (κ2) is 18.1. The maximum atomic E-state index is 11.3. The topological polar surface area (TPSA) is 129 Å². The molecule has 9 heteroatoms. The Bertz CT molecular complexity index is 1270. The monoisotopic (exact) mass is 590 g/mol. The van der Waals surface area contributed by atoms with Crippen LogP contribution in [0.15, 0.2) is 23.4 Å². The molecule has 0 amide bonds. The van der Waals surface area contributed by atoms with Gasteiger partial charge < -0.3 is 0 Å². The summed E-state index contributed by atoms with van der Waals surface area (Å²) in [7, 11) is -3.56. The van der Waals surface area contributed by atoms with Gasteiger partial charge in [-0.25, -0.2) is 0 Å². The summed E-state index contributed by atoms with van der Waals surface area (Å²) in [4.78, 5) is 26.4. The minimum absolute atomic E-state index is 0.119. The number of hydrogen-bond acceptors (Lipinski definition) is 6. The molecule has 1 aromatic rings. The Morgan fingerprint density at radius 2 is 1.27 bits per heavy atom. The highest BCUT2D eigenvalue weighted by molar-refractivity contribution is 7.89. The molecule has 0 N–H and O–H groups in total. The molecule has 0 unspecified atom stereocenters. The van der Waals surface area contributed by atoms with Crippen molar-refractivity contribution in [1.82, 2.24) is 0 Å². The highest BCUT2D eigenvalue weighted by Gasteiger charge is 2.25. The normalized spacial score (nSPS) is 14.8. The van der Waals surface area contributed by atoms with E-state index in [0.717, 1.165) is 48.9 Å². The molecule has 0 bridgehead atoms. The van der Waals surface area contributed by atoms with Crippen LogP contribution in [0.1, 0.15) is 132 Å². The molecule has 0 spiro atoms. The van der Waals surface area contributed by atoms with E-state index in [9.17, 15) is 18.0 Å². The summed E-state index contributed by atoms with van der Waals surface area (Å²) in [5.41, 5.74) is 3.39.